The molecule has 0 aromatic rings. The molecule has 3 amide bonds. The lowest BCUT2D eigenvalue weighted by molar-refractivity contribution is -0.144. The van der Waals surface area contributed by atoms with Gasteiger partial charge in [-0.05, 0) is 26.2 Å². The van der Waals surface area contributed by atoms with E-state index in [9.17, 15) is 29.1 Å². The van der Waals surface area contributed by atoms with Crippen LogP contribution in [0.3, 0.4) is 0 Å². The molecule has 4 unspecified atom stereocenters. The van der Waals surface area contributed by atoms with Crippen LogP contribution in [0, 0.1) is 0 Å². The molecule has 158 valence electrons. The third-order valence-corrected chi connectivity index (χ3v) is 4.37. The molecule has 28 heavy (non-hydrogen) atoms. The molecule has 1 saturated heterocycles. The fourth-order valence-electron chi connectivity index (χ4n) is 2.73. The minimum atomic E-state index is -1.38. The van der Waals surface area contributed by atoms with Crippen LogP contribution in [-0.4, -0.2) is 87.2 Å². The zero-order valence-corrected chi connectivity index (χ0v) is 15.5. The van der Waals surface area contributed by atoms with Crippen LogP contribution in [0.1, 0.15) is 32.6 Å². The molecule has 0 aromatic heterocycles. The maximum Gasteiger partial charge on any atom is 0.326 e. The quantitative estimate of drug-likeness (QED) is 0.224. The predicted molar refractivity (Wildman–Crippen MR) is 93.8 cm³/mol. The zero-order chi connectivity index (χ0) is 21.4. The summed E-state index contributed by atoms with van der Waals surface area (Å²) < 4.78 is 0. The van der Waals surface area contributed by atoms with Gasteiger partial charge in [0.2, 0.25) is 17.7 Å². The van der Waals surface area contributed by atoms with E-state index in [1.165, 1.54) is 11.8 Å². The highest BCUT2D eigenvalue weighted by Gasteiger charge is 2.36. The maximum atomic E-state index is 12.4. The molecule has 0 aliphatic carbocycles. The van der Waals surface area contributed by atoms with Gasteiger partial charge in [-0.2, -0.15) is 0 Å². The fraction of sp³-hybridized carbons (Fsp3) is 0.688. The number of carbonyl (C=O) groups excluding carboxylic acids is 3. The van der Waals surface area contributed by atoms with Crippen molar-refractivity contribution >= 4 is 29.7 Å². The van der Waals surface area contributed by atoms with Crippen molar-refractivity contribution in [2.24, 2.45) is 5.73 Å². The van der Waals surface area contributed by atoms with Gasteiger partial charge in [0, 0.05) is 13.0 Å². The van der Waals surface area contributed by atoms with Gasteiger partial charge in [-0.3, -0.25) is 19.2 Å². The number of aliphatic hydroxyl groups excluding tert-OH is 1. The molecule has 1 aliphatic rings. The Balaban J connectivity index is 2.65. The second-order valence-corrected chi connectivity index (χ2v) is 6.56. The van der Waals surface area contributed by atoms with Gasteiger partial charge in [-0.25, -0.2) is 4.79 Å². The van der Waals surface area contributed by atoms with Crippen LogP contribution >= 0.6 is 0 Å². The molecule has 1 fully saturated rings. The number of carboxylic acids is 2. The highest BCUT2D eigenvalue weighted by molar-refractivity contribution is 5.93. The highest BCUT2D eigenvalue weighted by Crippen LogP contribution is 2.18. The summed E-state index contributed by atoms with van der Waals surface area (Å²) in [4.78, 5) is 59.5. The summed E-state index contributed by atoms with van der Waals surface area (Å²) in [6.07, 6.45) is -0.995. The Hall–Kier alpha value is -2.73. The average Bonchev–Trinajstić information content (AvgIpc) is 3.11. The summed E-state index contributed by atoms with van der Waals surface area (Å²) in [7, 11) is 0. The minimum absolute atomic E-state index is 0.252. The second-order valence-electron chi connectivity index (χ2n) is 6.56. The molecule has 1 aliphatic heterocycles. The van der Waals surface area contributed by atoms with Gasteiger partial charge in [-0.15, -0.1) is 0 Å². The van der Waals surface area contributed by atoms with Crippen LogP contribution in [0.5, 0.6) is 0 Å². The van der Waals surface area contributed by atoms with Gasteiger partial charge >= 0.3 is 11.9 Å². The molecular formula is C16H26N4O8. The first kappa shape index (κ1) is 23.3. The van der Waals surface area contributed by atoms with Crippen LogP contribution in [0.15, 0.2) is 0 Å². The Bertz CT molecular complexity index is 624. The van der Waals surface area contributed by atoms with E-state index in [0.717, 1.165) is 0 Å². The third-order valence-electron chi connectivity index (χ3n) is 4.37. The van der Waals surface area contributed by atoms with Crippen LogP contribution in [0.4, 0.5) is 0 Å². The summed E-state index contributed by atoms with van der Waals surface area (Å²) in [5.74, 6) is -4.53. The fourth-order valence-corrected chi connectivity index (χ4v) is 2.73. The lowest BCUT2D eigenvalue weighted by Crippen LogP contribution is -2.54. The van der Waals surface area contributed by atoms with E-state index in [-0.39, 0.29) is 13.0 Å². The molecule has 0 spiro atoms. The third kappa shape index (κ3) is 6.78. The van der Waals surface area contributed by atoms with E-state index in [4.69, 9.17) is 15.9 Å². The first-order valence-electron chi connectivity index (χ1n) is 8.80. The first-order valence-corrected chi connectivity index (χ1v) is 8.80. The van der Waals surface area contributed by atoms with E-state index in [2.05, 4.69) is 10.6 Å². The van der Waals surface area contributed by atoms with E-state index in [0.29, 0.717) is 12.8 Å². The molecule has 1 heterocycles. The molecular weight excluding hydrogens is 376 g/mol. The Morgan fingerprint density at radius 1 is 1.21 bits per heavy atom. The first-order chi connectivity index (χ1) is 13.0. The summed E-state index contributed by atoms with van der Waals surface area (Å²) in [5.41, 5.74) is 5.46. The molecule has 12 heteroatoms. The molecule has 0 saturated carbocycles. The lowest BCUT2D eigenvalue weighted by Gasteiger charge is -2.26. The smallest absolute Gasteiger partial charge is 0.326 e. The van der Waals surface area contributed by atoms with E-state index in [1.54, 1.807) is 0 Å². The molecule has 0 radical (unpaired) electrons. The Labute approximate surface area is 161 Å². The molecule has 0 aromatic carbocycles. The van der Waals surface area contributed by atoms with Crippen molar-refractivity contribution in [2.75, 3.05) is 13.1 Å². The van der Waals surface area contributed by atoms with Gasteiger partial charge in [0.1, 0.15) is 18.1 Å². The van der Waals surface area contributed by atoms with Gasteiger partial charge in [-0.1, -0.05) is 0 Å². The van der Waals surface area contributed by atoms with Crippen LogP contribution in [0.2, 0.25) is 0 Å². The summed E-state index contributed by atoms with van der Waals surface area (Å²) in [6.45, 7) is 1.16. The predicted octanol–water partition coefficient (Wildman–Crippen LogP) is -2.76. The largest absolute Gasteiger partial charge is 0.481 e. The molecule has 12 nitrogen and oxygen atoms in total. The number of aliphatic hydroxyl groups is 1. The summed E-state index contributed by atoms with van der Waals surface area (Å²) in [6, 6.07) is -3.50. The Morgan fingerprint density at radius 3 is 2.39 bits per heavy atom. The number of nitrogens with two attached hydrogens (primary N) is 1. The number of aliphatic carboxylic acids is 2. The van der Waals surface area contributed by atoms with Crippen molar-refractivity contribution in [1.29, 1.82) is 0 Å². The number of hydrogen-bond acceptors (Lipinski definition) is 7. The van der Waals surface area contributed by atoms with E-state index < -0.39 is 66.9 Å². The molecule has 4 atom stereocenters. The number of hydrogen-bond donors (Lipinski definition) is 6. The van der Waals surface area contributed by atoms with Crippen molar-refractivity contribution in [3.63, 3.8) is 0 Å². The van der Waals surface area contributed by atoms with Gasteiger partial charge in [0.05, 0.1) is 12.6 Å². The van der Waals surface area contributed by atoms with Crippen LogP contribution in [0.25, 0.3) is 0 Å². The van der Waals surface area contributed by atoms with Crippen molar-refractivity contribution in [1.82, 2.24) is 15.5 Å². The van der Waals surface area contributed by atoms with E-state index >= 15 is 0 Å². The van der Waals surface area contributed by atoms with Gasteiger partial charge in [0.25, 0.3) is 0 Å². The minimum Gasteiger partial charge on any atom is -0.481 e. The number of likely N-dealkylation sites (tertiary alicyclic amines) is 1. The number of carbonyl (C=O) groups is 5. The number of nitrogens with one attached hydrogen (secondary N) is 2. The molecule has 0 bridgehead atoms. The van der Waals surface area contributed by atoms with E-state index in [1.807, 2.05) is 0 Å². The van der Waals surface area contributed by atoms with Crippen molar-refractivity contribution in [3.05, 3.63) is 0 Å². The summed E-state index contributed by atoms with van der Waals surface area (Å²) in [5, 5.41) is 31.6. The normalized spacial score (nSPS) is 19.4. The van der Waals surface area contributed by atoms with Crippen LogP contribution in [-0.2, 0) is 24.0 Å². The zero-order valence-electron chi connectivity index (χ0n) is 15.5. The number of amides is 3. The second kappa shape index (κ2) is 10.6. The maximum absolute atomic E-state index is 12.4. The number of carboxylic acid groups (broad SMARTS) is 2. The summed E-state index contributed by atoms with van der Waals surface area (Å²) >= 11 is 0. The monoisotopic (exact) mass is 402 g/mol. The van der Waals surface area contributed by atoms with Crippen molar-refractivity contribution < 1.29 is 39.3 Å². The standard InChI is InChI=1S/C16H26N4O8/c1-8(21)13(17)15(26)18-7-11(22)20-6-2-3-10(20)14(25)19-9(16(27)28)4-5-12(23)24/h8-10,13,21H,2-7,17H2,1H3,(H,18,26)(H,19,25)(H,23,24)(H,27,28). The highest BCUT2D eigenvalue weighted by atomic mass is 16.4. The number of nitrogens with zero attached hydrogens (tertiary/aromatic N) is 1. The SMILES string of the molecule is CC(O)C(N)C(=O)NCC(=O)N1CCCC1C(=O)NC(CCC(=O)O)C(=O)O. The topological polar surface area (TPSA) is 199 Å². The van der Waals surface area contributed by atoms with Gasteiger partial charge < -0.3 is 36.6 Å². The van der Waals surface area contributed by atoms with Crippen molar-refractivity contribution in [3.8, 4) is 0 Å². The Kier molecular flexibility index (Phi) is 8.79. The average molecular weight is 402 g/mol. The van der Waals surface area contributed by atoms with Gasteiger partial charge in [0.15, 0.2) is 0 Å². The molecule has 7 N–H and O–H groups in total. The van der Waals surface area contributed by atoms with Crippen molar-refractivity contribution in [2.45, 2.75) is 56.8 Å². The lowest BCUT2D eigenvalue weighted by atomic mass is 10.1. The Morgan fingerprint density at radius 2 is 1.86 bits per heavy atom. The molecule has 1 rings (SSSR count). The number of rotatable bonds is 10. The van der Waals surface area contributed by atoms with Crippen LogP contribution < -0.4 is 16.4 Å².